The number of nitrogens with zero attached hydrogens (tertiary/aromatic N) is 1. The van der Waals surface area contributed by atoms with Crippen molar-refractivity contribution in [1.29, 1.82) is 0 Å². The first-order valence-electron chi connectivity index (χ1n) is 7.04. The van der Waals surface area contributed by atoms with Crippen LogP contribution < -0.4 is 0 Å². The van der Waals surface area contributed by atoms with Crippen LogP contribution in [0.25, 0.3) is 0 Å². The highest BCUT2D eigenvalue weighted by atomic mass is 32.2. The van der Waals surface area contributed by atoms with Gasteiger partial charge in [0, 0.05) is 23.6 Å². The molecule has 1 fully saturated rings. The molecule has 4 heteroatoms. The maximum Gasteiger partial charge on any atom is 0.338 e. The Bertz CT molecular complexity index is 473. The van der Waals surface area contributed by atoms with Crippen molar-refractivity contribution in [2.75, 3.05) is 26.0 Å². The van der Waals surface area contributed by atoms with Gasteiger partial charge in [0.2, 0.25) is 0 Å². The molecule has 1 aromatic rings. The summed E-state index contributed by atoms with van der Waals surface area (Å²) in [5, 5.41) is 0. The quantitative estimate of drug-likeness (QED) is 0.801. The lowest BCUT2D eigenvalue weighted by atomic mass is 10.1. The molecule has 0 aromatic heterocycles. The summed E-state index contributed by atoms with van der Waals surface area (Å²) in [5.41, 5.74) is 1.75. The molecule has 0 amide bonds. The van der Waals surface area contributed by atoms with Gasteiger partial charge >= 0.3 is 5.97 Å². The second-order valence-corrected chi connectivity index (χ2v) is 7.59. The summed E-state index contributed by atoms with van der Waals surface area (Å²) < 4.78 is 5.22. The summed E-state index contributed by atoms with van der Waals surface area (Å²) >= 11 is 2.04. The number of rotatable bonds is 3. The normalized spacial score (nSPS) is 19.4. The molecule has 0 spiro atoms. The van der Waals surface area contributed by atoms with Crippen LogP contribution in [0.15, 0.2) is 24.3 Å². The van der Waals surface area contributed by atoms with Crippen molar-refractivity contribution in [3.8, 4) is 0 Å². The van der Waals surface area contributed by atoms with E-state index in [1.54, 1.807) is 0 Å². The third-order valence-corrected chi connectivity index (χ3v) is 5.12. The highest BCUT2D eigenvalue weighted by molar-refractivity contribution is 8.00. The number of ether oxygens (including phenoxy) is 1. The van der Waals surface area contributed by atoms with Crippen molar-refractivity contribution >= 4 is 17.7 Å². The van der Waals surface area contributed by atoms with E-state index in [2.05, 4.69) is 18.7 Å². The Morgan fingerprint density at radius 1 is 1.35 bits per heavy atom. The van der Waals surface area contributed by atoms with Gasteiger partial charge in [0.25, 0.3) is 0 Å². The van der Waals surface area contributed by atoms with Crippen molar-refractivity contribution < 1.29 is 9.53 Å². The molecule has 1 aromatic carbocycles. The van der Waals surface area contributed by atoms with E-state index in [1.807, 2.05) is 36.0 Å². The Balaban J connectivity index is 2.08. The SMILES string of the molecule is COC(=O)c1ccccc1CN1CCSC(C)(C)CC1. The van der Waals surface area contributed by atoms with Gasteiger partial charge in [0.15, 0.2) is 0 Å². The number of carbonyl (C=O) groups excluding carboxylic acids is 1. The van der Waals surface area contributed by atoms with Gasteiger partial charge < -0.3 is 4.74 Å². The number of benzene rings is 1. The lowest BCUT2D eigenvalue weighted by Crippen LogP contribution is -2.27. The van der Waals surface area contributed by atoms with Crippen LogP contribution >= 0.6 is 11.8 Å². The van der Waals surface area contributed by atoms with Gasteiger partial charge in [-0.1, -0.05) is 32.0 Å². The molecule has 0 atom stereocenters. The van der Waals surface area contributed by atoms with Gasteiger partial charge in [-0.15, -0.1) is 0 Å². The van der Waals surface area contributed by atoms with Crippen LogP contribution in [-0.4, -0.2) is 41.6 Å². The predicted octanol–water partition coefficient (Wildman–Crippen LogP) is 3.19. The number of methoxy groups -OCH3 is 1. The Labute approximate surface area is 125 Å². The highest BCUT2D eigenvalue weighted by Gasteiger charge is 2.24. The van der Waals surface area contributed by atoms with Gasteiger partial charge in [-0.25, -0.2) is 4.79 Å². The predicted molar refractivity (Wildman–Crippen MR) is 84.2 cm³/mol. The Morgan fingerprint density at radius 3 is 2.85 bits per heavy atom. The zero-order chi connectivity index (χ0) is 14.6. The number of esters is 1. The molecule has 0 unspecified atom stereocenters. The van der Waals surface area contributed by atoms with E-state index in [4.69, 9.17) is 4.74 Å². The van der Waals surface area contributed by atoms with Gasteiger partial charge in [-0.05, 0) is 24.6 Å². The average molecular weight is 293 g/mol. The van der Waals surface area contributed by atoms with Crippen LogP contribution in [-0.2, 0) is 11.3 Å². The number of carbonyl (C=O) groups is 1. The lowest BCUT2D eigenvalue weighted by molar-refractivity contribution is 0.0598. The summed E-state index contributed by atoms with van der Waals surface area (Å²) in [6.07, 6.45) is 1.18. The van der Waals surface area contributed by atoms with Crippen LogP contribution in [0.3, 0.4) is 0 Å². The molecule has 1 aliphatic rings. The van der Waals surface area contributed by atoms with Crippen molar-refractivity contribution in [3.05, 3.63) is 35.4 Å². The fraction of sp³-hybridized carbons (Fsp3) is 0.562. The Morgan fingerprint density at radius 2 is 2.10 bits per heavy atom. The third-order valence-electron chi connectivity index (χ3n) is 3.75. The first-order valence-corrected chi connectivity index (χ1v) is 8.03. The van der Waals surface area contributed by atoms with Crippen LogP contribution in [0.5, 0.6) is 0 Å². The molecule has 20 heavy (non-hydrogen) atoms. The van der Waals surface area contributed by atoms with E-state index < -0.39 is 0 Å². The van der Waals surface area contributed by atoms with E-state index in [0.717, 1.165) is 31.0 Å². The molecular weight excluding hydrogens is 270 g/mol. The van der Waals surface area contributed by atoms with Crippen molar-refractivity contribution in [1.82, 2.24) is 4.90 Å². The van der Waals surface area contributed by atoms with Crippen molar-refractivity contribution in [2.24, 2.45) is 0 Å². The van der Waals surface area contributed by atoms with E-state index in [1.165, 1.54) is 13.5 Å². The van der Waals surface area contributed by atoms with Gasteiger partial charge in [-0.3, -0.25) is 4.90 Å². The molecule has 0 N–H and O–H groups in total. The second-order valence-electron chi connectivity index (χ2n) is 5.78. The molecule has 0 radical (unpaired) electrons. The van der Waals surface area contributed by atoms with Crippen LogP contribution in [0, 0.1) is 0 Å². The van der Waals surface area contributed by atoms with E-state index in [0.29, 0.717) is 10.3 Å². The number of hydrogen-bond acceptors (Lipinski definition) is 4. The average Bonchev–Trinajstić information content (AvgIpc) is 2.60. The largest absolute Gasteiger partial charge is 0.465 e. The standard InChI is InChI=1S/C16H23NO2S/c1-16(2)8-9-17(10-11-20-16)12-13-6-4-5-7-14(13)15(18)19-3/h4-7H,8-12H2,1-3H3. The molecule has 2 rings (SSSR count). The fourth-order valence-electron chi connectivity index (χ4n) is 2.43. The highest BCUT2D eigenvalue weighted by Crippen LogP contribution is 2.31. The van der Waals surface area contributed by atoms with Crippen molar-refractivity contribution in [2.45, 2.75) is 31.6 Å². The van der Waals surface area contributed by atoms with E-state index in [-0.39, 0.29) is 5.97 Å². The number of thioether (sulfide) groups is 1. The van der Waals surface area contributed by atoms with E-state index >= 15 is 0 Å². The minimum Gasteiger partial charge on any atom is -0.465 e. The molecule has 1 heterocycles. The zero-order valence-corrected chi connectivity index (χ0v) is 13.3. The minimum absolute atomic E-state index is 0.245. The maximum absolute atomic E-state index is 11.8. The monoisotopic (exact) mass is 293 g/mol. The molecular formula is C16H23NO2S. The summed E-state index contributed by atoms with van der Waals surface area (Å²) in [6.45, 7) is 7.59. The van der Waals surface area contributed by atoms with Crippen LogP contribution in [0.1, 0.15) is 36.2 Å². The molecule has 0 saturated carbocycles. The van der Waals surface area contributed by atoms with Crippen LogP contribution in [0.4, 0.5) is 0 Å². The Kier molecular flexibility index (Phi) is 5.11. The lowest BCUT2D eigenvalue weighted by Gasteiger charge is -2.23. The first-order chi connectivity index (χ1) is 9.52. The second kappa shape index (κ2) is 6.64. The molecule has 1 aliphatic heterocycles. The molecule has 3 nitrogen and oxygen atoms in total. The minimum atomic E-state index is -0.245. The fourth-order valence-corrected chi connectivity index (χ4v) is 3.57. The smallest absolute Gasteiger partial charge is 0.338 e. The van der Waals surface area contributed by atoms with Crippen LogP contribution in [0.2, 0.25) is 0 Å². The molecule has 110 valence electrons. The molecule has 0 bridgehead atoms. The Hall–Kier alpha value is -1.00. The summed E-state index contributed by atoms with van der Waals surface area (Å²) in [5.74, 6) is 0.901. The number of hydrogen-bond donors (Lipinski definition) is 0. The molecule has 1 saturated heterocycles. The van der Waals surface area contributed by atoms with Gasteiger partial charge in [0.1, 0.15) is 0 Å². The zero-order valence-electron chi connectivity index (χ0n) is 12.5. The molecule has 0 aliphatic carbocycles. The van der Waals surface area contributed by atoms with Gasteiger partial charge in [-0.2, -0.15) is 11.8 Å². The van der Waals surface area contributed by atoms with Gasteiger partial charge in [0.05, 0.1) is 12.7 Å². The third kappa shape index (κ3) is 4.00. The first kappa shape index (κ1) is 15.4. The maximum atomic E-state index is 11.8. The van der Waals surface area contributed by atoms with E-state index in [9.17, 15) is 4.79 Å². The van der Waals surface area contributed by atoms with Crippen molar-refractivity contribution in [3.63, 3.8) is 0 Å². The topological polar surface area (TPSA) is 29.5 Å². The summed E-state index contributed by atoms with van der Waals surface area (Å²) in [6, 6.07) is 7.74. The summed E-state index contributed by atoms with van der Waals surface area (Å²) in [7, 11) is 1.43. The summed E-state index contributed by atoms with van der Waals surface area (Å²) in [4.78, 5) is 14.2.